The molecule has 0 spiro atoms. The van der Waals surface area contributed by atoms with Gasteiger partial charge in [0.15, 0.2) is 15.0 Å². The van der Waals surface area contributed by atoms with Crippen LogP contribution < -0.4 is 4.90 Å². The molecule has 1 aromatic rings. The van der Waals surface area contributed by atoms with Crippen molar-refractivity contribution in [2.24, 2.45) is 10.9 Å². The molecule has 3 atom stereocenters. The Bertz CT molecular complexity index is 833. The maximum Gasteiger partial charge on any atom is 0.250 e. The summed E-state index contributed by atoms with van der Waals surface area (Å²) in [4.78, 5) is 18.7. The molecule has 1 amide bonds. The van der Waals surface area contributed by atoms with Crippen LogP contribution in [0.3, 0.4) is 0 Å². The number of aryl methyl sites for hydroxylation is 2. The molecule has 0 saturated carbocycles. The van der Waals surface area contributed by atoms with Gasteiger partial charge in [-0.15, -0.1) is 0 Å². The fourth-order valence-corrected chi connectivity index (χ4v) is 7.04. The number of thioether (sulfide) groups is 1. The number of hydrogen-bond donors (Lipinski definition) is 0. The number of carbonyl (C=O) groups excluding carboxylic acids is 1. The maximum absolute atomic E-state index is 12.3. The highest BCUT2D eigenvalue weighted by atomic mass is 32.2. The summed E-state index contributed by atoms with van der Waals surface area (Å²) in [6.07, 6.45) is 0.741. The molecule has 0 N–H and O–H groups in total. The molecule has 136 valence electrons. The van der Waals surface area contributed by atoms with Crippen LogP contribution in [0.15, 0.2) is 23.2 Å². The molecule has 0 bridgehead atoms. The van der Waals surface area contributed by atoms with Crippen LogP contribution in [0.5, 0.6) is 0 Å². The summed E-state index contributed by atoms with van der Waals surface area (Å²) in [7, 11) is -3.04. The van der Waals surface area contributed by atoms with E-state index >= 15 is 0 Å². The fraction of sp³-hybridized carbons (Fsp3) is 0.556. The first-order valence-corrected chi connectivity index (χ1v) is 11.3. The highest BCUT2D eigenvalue weighted by molar-refractivity contribution is 8.16. The van der Waals surface area contributed by atoms with Gasteiger partial charge in [-0.3, -0.25) is 4.79 Å². The number of amidine groups is 1. The van der Waals surface area contributed by atoms with Crippen molar-refractivity contribution in [1.82, 2.24) is 0 Å². The number of rotatable bonds is 3. The highest BCUT2D eigenvalue weighted by Gasteiger charge is 2.49. The third-order valence-electron chi connectivity index (χ3n) is 5.08. The first kappa shape index (κ1) is 18.5. The van der Waals surface area contributed by atoms with Crippen molar-refractivity contribution in [3.05, 3.63) is 29.3 Å². The van der Waals surface area contributed by atoms with Crippen LogP contribution in [0.25, 0.3) is 0 Å². The van der Waals surface area contributed by atoms with E-state index < -0.39 is 9.84 Å². The Labute approximate surface area is 153 Å². The summed E-state index contributed by atoms with van der Waals surface area (Å²) < 4.78 is 24.2. The first-order valence-electron chi connectivity index (χ1n) is 8.58. The molecule has 2 saturated heterocycles. The van der Waals surface area contributed by atoms with Gasteiger partial charge in [-0.25, -0.2) is 8.42 Å². The Morgan fingerprint density at radius 2 is 2.04 bits per heavy atom. The molecule has 2 fully saturated rings. The smallest absolute Gasteiger partial charge is 0.250 e. The van der Waals surface area contributed by atoms with Gasteiger partial charge in [0.25, 0.3) is 5.91 Å². The molecule has 3 rings (SSSR count). The summed E-state index contributed by atoms with van der Waals surface area (Å²) in [5, 5.41) is 0.577. The van der Waals surface area contributed by atoms with Crippen molar-refractivity contribution in [1.29, 1.82) is 0 Å². The molecule has 2 aliphatic heterocycles. The quantitative estimate of drug-likeness (QED) is 0.806. The van der Waals surface area contributed by atoms with E-state index in [4.69, 9.17) is 0 Å². The van der Waals surface area contributed by atoms with E-state index in [1.165, 1.54) is 17.3 Å². The lowest BCUT2D eigenvalue weighted by atomic mass is 10.1. The van der Waals surface area contributed by atoms with Crippen molar-refractivity contribution in [3.8, 4) is 0 Å². The summed E-state index contributed by atoms with van der Waals surface area (Å²) in [6, 6.07) is 5.91. The van der Waals surface area contributed by atoms with E-state index in [0.717, 1.165) is 17.7 Å². The Morgan fingerprint density at radius 3 is 2.68 bits per heavy atom. The molecule has 25 heavy (non-hydrogen) atoms. The Hall–Kier alpha value is -1.34. The standard InChI is InChI=1S/C18H24N2O3S2/c1-5-11(2)17(21)19-18-20(14-7-6-12(3)13(4)8-14)15-9-25(22,23)10-16(15)24-18/h6-8,11,15-16H,5,9-10H2,1-4H3. The average Bonchev–Trinajstić information content (AvgIpc) is 3.00. The molecule has 3 unspecified atom stereocenters. The van der Waals surface area contributed by atoms with Gasteiger partial charge in [-0.05, 0) is 43.5 Å². The summed E-state index contributed by atoms with van der Waals surface area (Å²) in [5.41, 5.74) is 3.23. The molecule has 2 heterocycles. The Morgan fingerprint density at radius 1 is 1.32 bits per heavy atom. The lowest BCUT2D eigenvalue weighted by Crippen LogP contribution is -2.38. The van der Waals surface area contributed by atoms with E-state index in [1.807, 2.05) is 50.8 Å². The van der Waals surface area contributed by atoms with Crippen LogP contribution >= 0.6 is 11.8 Å². The van der Waals surface area contributed by atoms with Crippen molar-refractivity contribution in [2.75, 3.05) is 16.4 Å². The normalized spacial score (nSPS) is 27.5. The first-order chi connectivity index (χ1) is 11.7. The van der Waals surface area contributed by atoms with Crippen molar-refractivity contribution < 1.29 is 13.2 Å². The molecule has 0 aliphatic carbocycles. The minimum absolute atomic E-state index is 0.0601. The molecular weight excluding hydrogens is 356 g/mol. The monoisotopic (exact) mass is 380 g/mol. The van der Waals surface area contributed by atoms with Crippen LogP contribution in [0, 0.1) is 19.8 Å². The number of sulfone groups is 1. The van der Waals surface area contributed by atoms with Crippen LogP contribution in [0.1, 0.15) is 31.4 Å². The van der Waals surface area contributed by atoms with Gasteiger partial charge in [0.2, 0.25) is 0 Å². The predicted octanol–water partition coefficient (Wildman–Crippen LogP) is 2.95. The van der Waals surface area contributed by atoms with Gasteiger partial charge in [0, 0.05) is 16.9 Å². The second kappa shape index (κ2) is 6.76. The zero-order valence-corrected chi connectivity index (χ0v) is 16.7. The molecule has 2 aliphatic rings. The number of amides is 1. The number of carbonyl (C=O) groups is 1. The molecule has 0 radical (unpaired) electrons. The van der Waals surface area contributed by atoms with Crippen molar-refractivity contribution in [3.63, 3.8) is 0 Å². The fourth-order valence-electron chi connectivity index (χ4n) is 3.12. The molecule has 5 nitrogen and oxygen atoms in total. The van der Waals surface area contributed by atoms with Gasteiger partial charge in [0.1, 0.15) is 0 Å². The summed E-state index contributed by atoms with van der Waals surface area (Å²) in [6.45, 7) is 7.92. The largest absolute Gasteiger partial charge is 0.316 e. The zero-order valence-electron chi connectivity index (χ0n) is 15.0. The van der Waals surface area contributed by atoms with Crippen LogP contribution in [0.2, 0.25) is 0 Å². The lowest BCUT2D eigenvalue weighted by molar-refractivity contribution is -0.121. The molecule has 7 heteroatoms. The summed E-state index contributed by atoms with van der Waals surface area (Å²) in [5.74, 6) is 0.00879. The number of benzene rings is 1. The minimum Gasteiger partial charge on any atom is -0.316 e. The predicted molar refractivity (Wildman–Crippen MR) is 104 cm³/mol. The molecular formula is C18H24N2O3S2. The van der Waals surface area contributed by atoms with E-state index in [0.29, 0.717) is 5.17 Å². The number of nitrogens with zero attached hydrogens (tertiary/aromatic N) is 2. The SMILES string of the molecule is CCC(C)C(=O)N=C1SC2CS(=O)(=O)CC2N1c1ccc(C)c(C)c1. The van der Waals surface area contributed by atoms with Gasteiger partial charge in [0.05, 0.1) is 17.5 Å². The van der Waals surface area contributed by atoms with Crippen molar-refractivity contribution >= 4 is 38.4 Å². The topological polar surface area (TPSA) is 66.8 Å². The van der Waals surface area contributed by atoms with Gasteiger partial charge >= 0.3 is 0 Å². The second-order valence-corrected chi connectivity index (χ2v) is 10.3. The van der Waals surface area contributed by atoms with E-state index in [1.54, 1.807) is 0 Å². The van der Waals surface area contributed by atoms with Crippen LogP contribution in [-0.4, -0.2) is 42.3 Å². The minimum atomic E-state index is -3.04. The number of aliphatic imine (C=N–C) groups is 1. The maximum atomic E-state index is 12.3. The van der Waals surface area contributed by atoms with Crippen molar-refractivity contribution in [2.45, 2.75) is 45.4 Å². The number of anilines is 1. The Balaban J connectivity index is 2.02. The van der Waals surface area contributed by atoms with Gasteiger partial charge < -0.3 is 4.90 Å². The van der Waals surface area contributed by atoms with E-state index in [9.17, 15) is 13.2 Å². The van der Waals surface area contributed by atoms with E-state index in [2.05, 4.69) is 4.99 Å². The van der Waals surface area contributed by atoms with Gasteiger partial charge in [-0.2, -0.15) is 4.99 Å². The Kier molecular flexibility index (Phi) is 4.99. The van der Waals surface area contributed by atoms with Crippen LogP contribution in [0.4, 0.5) is 5.69 Å². The number of hydrogen-bond acceptors (Lipinski definition) is 4. The third-order valence-corrected chi connectivity index (χ3v) is 8.28. The van der Waals surface area contributed by atoms with E-state index in [-0.39, 0.29) is 34.6 Å². The second-order valence-electron chi connectivity index (χ2n) is 6.98. The number of fused-ring (bicyclic) bond motifs is 1. The molecule has 1 aromatic carbocycles. The lowest BCUT2D eigenvalue weighted by Gasteiger charge is -2.25. The third kappa shape index (κ3) is 3.62. The zero-order chi connectivity index (χ0) is 18.4. The van der Waals surface area contributed by atoms with Crippen LogP contribution in [-0.2, 0) is 14.6 Å². The highest BCUT2D eigenvalue weighted by Crippen LogP contribution is 2.41. The molecule has 0 aromatic heterocycles. The summed E-state index contributed by atoms with van der Waals surface area (Å²) >= 11 is 1.43. The van der Waals surface area contributed by atoms with Gasteiger partial charge in [-0.1, -0.05) is 31.7 Å². The average molecular weight is 381 g/mol.